The summed E-state index contributed by atoms with van der Waals surface area (Å²) in [6.45, 7) is 2.10. The average Bonchev–Trinajstić information content (AvgIpc) is 2.94. The fraction of sp³-hybridized carbons (Fsp3) is 0.188. The summed E-state index contributed by atoms with van der Waals surface area (Å²) in [6, 6.07) is 12.0. The quantitative estimate of drug-likeness (QED) is 0.642. The van der Waals surface area contributed by atoms with Gasteiger partial charge in [-0.3, -0.25) is 5.10 Å². The van der Waals surface area contributed by atoms with E-state index in [1.54, 1.807) is 13.3 Å². The van der Waals surface area contributed by atoms with Crippen molar-refractivity contribution in [3.8, 4) is 5.75 Å². The highest BCUT2D eigenvalue weighted by Crippen LogP contribution is 2.28. The Morgan fingerprint density at radius 1 is 1.24 bits per heavy atom. The minimum absolute atomic E-state index is 0.138. The summed E-state index contributed by atoms with van der Waals surface area (Å²) in [7, 11) is 1.66. The smallest absolute Gasteiger partial charge is 0.118 e. The van der Waals surface area contributed by atoms with Gasteiger partial charge in [-0.25, -0.2) is 0 Å². The van der Waals surface area contributed by atoms with Crippen LogP contribution in [0.1, 0.15) is 18.5 Å². The van der Waals surface area contributed by atoms with Gasteiger partial charge in [0, 0.05) is 11.4 Å². The van der Waals surface area contributed by atoms with Crippen LogP contribution in [0.15, 0.2) is 42.6 Å². The van der Waals surface area contributed by atoms with Crippen molar-refractivity contribution in [2.24, 2.45) is 0 Å². The number of aromatic amines is 1. The SMILES string of the molecule is COc1ccc(C(C)Nc2cc3[nH]ncc3cc2N)cc1. The molecule has 0 spiro atoms. The molecule has 0 saturated heterocycles. The molecule has 1 unspecified atom stereocenters. The number of hydrogen-bond acceptors (Lipinski definition) is 4. The molecule has 0 aliphatic rings. The summed E-state index contributed by atoms with van der Waals surface area (Å²) in [4.78, 5) is 0. The summed E-state index contributed by atoms with van der Waals surface area (Å²) in [5.41, 5.74) is 9.84. The highest BCUT2D eigenvalue weighted by molar-refractivity contribution is 5.88. The Balaban J connectivity index is 1.84. The Morgan fingerprint density at radius 2 is 2.00 bits per heavy atom. The number of nitrogen functional groups attached to an aromatic ring is 1. The Morgan fingerprint density at radius 3 is 2.71 bits per heavy atom. The molecule has 5 nitrogen and oxygen atoms in total. The number of nitrogens with two attached hydrogens (primary N) is 1. The normalized spacial score (nSPS) is 12.3. The molecule has 2 aromatic carbocycles. The van der Waals surface area contributed by atoms with Crippen LogP contribution in [0.2, 0.25) is 0 Å². The highest BCUT2D eigenvalue weighted by Gasteiger charge is 2.09. The van der Waals surface area contributed by atoms with Crippen molar-refractivity contribution in [1.29, 1.82) is 0 Å². The first-order valence-corrected chi connectivity index (χ1v) is 6.80. The molecular formula is C16H18N4O. The second-order valence-corrected chi connectivity index (χ2v) is 5.04. The van der Waals surface area contributed by atoms with Gasteiger partial charge in [0.1, 0.15) is 5.75 Å². The van der Waals surface area contributed by atoms with Gasteiger partial charge in [-0.05, 0) is 36.8 Å². The molecular weight excluding hydrogens is 264 g/mol. The fourth-order valence-electron chi connectivity index (χ4n) is 2.34. The Hall–Kier alpha value is -2.69. The first-order valence-electron chi connectivity index (χ1n) is 6.80. The lowest BCUT2D eigenvalue weighted by Gasteiger charge is -2.17. The van der Waals surface area contributed by atoms with Gasteiger partial charge < -0.3 is 15.8 Å². The predicted molar refractivity (Wildman–Crippen MR) is 85.5 cm³/mol. The van der Waals surface area contributed by atoms with Crippen LogP contribution in [0.4, 0.5) is 11.4 Å². The number of ether oxygens (including phenoxy) is 1. The molecule has 21 heavy (non-hydrogen) atoms. The van der Waals surface area contributed by atoms with Crippen LogP contribution in [0.25, 0.3) is 10.9 Å². The number of methoxy groups -OCH3 is 1. The van der Waals surface area contributed by atoms with Crippen molar-refractivity contribution in [2.45, 2.75) is 13.0 Å². The van der Waals surface area contributed by atoms with Crippen molar-refractivity contribution < 1.29 is 4.74 Å². The van der Waals surface area contributed by atoms with Crippen molar-refractivity contribution in [2.75, 3.05) is 18.2 Å². The minimum atomic E-state index is 0.138. The molecule has 1 atom stereocenters. The van der Waals surface area contributed by atoms with Crippen LogP contribution in [-0.2, 0) is 0 Å². The van der Waals surface area contributed by atoms with E-state index in [1.807, 2.05) is 36.4 Å². The molecule has 0 amide bonds. The van der Waals surface area contributed by atoms with Gasteiger partial charge >= 0.3 is 0 Å². The maximum atomic E-state index is 6.09. The number of hydrogen-bond donors (Lipinski definition) is 3. The van der Waals surface area contributed by atoms with Gasteiger partial charge in [0.05, 0.1) is 30.2 Å². The van der Waals surface area contributed by atoms with Gasteiger partial charge in [0.2, 0.25) is 0 Å². The summed E-state index contributed by atoms with van der Waals surface area (Å²) >= 11 is 0. The van der Waals surface area contributed by atoms with Crippen molar-refractivity contribution >= 4 is 22.3 Å². The Kier molecular flexibility index (Phi) is 3.39. The third-order valence-electron chi connectivity index (χ3n) is 3.60. The molecule has 0 fully saturated rings. The van der Waals surface area contributed by atoms with Gasteiger partial charge in [-0.2, -0.15) is 5.10 Å². The maximum absolute atomic E-state index is 6.09. The van der Waals surface area contributed by atoms with E-state index in [2.05, 4.69) is 22.4 Å². The lowest BCUT2D eigenvalue weighted by molar-refractivity contribution is 0.414. The van der Waals surface area contributed by atoms with Crippen molar-refractivity contribution in [3.05, 3.63) is 48.2 Å². The minimum Gasteiger partial charge on any atom is -0.497 e. The largest absolute Gasteiger partial charge is 0.497 e. The number of nitrogens with one attached hydrogen (secondary N) is 2. The summed E-state index contributed by atoms with van der Waals surface area (Å²) < 4.78 is 5.17. The Bertz CT molecular complexity index is 749. The van der Waals surface area contributed by atoms with Crippen LogP contribution in [0.5, 0.6) is 5.75 Å². The summed E-state index contributed by atoms with van der Waals surface area (Å²) in [5, 5.41) is 11.4. The zero-order valence-corrected chi connectivity index (χ0v) is 12.1. The zero-order valence-electron chi connectivity index (χ0n) is 12.1. The molecule has 1 aromatic heterocycles. The molecule has 0 bridgehead atoms. The molecule has 0 saturated carbocycles. The molecule has 3 aromatic rings. The molecule has 1 heterocycles. The number of nitrogens with zero attached hydrogens (tertiary/aromatic N) is 1. The van der Waals surface area contributed by atoms with Crippen molar-refractivity contribution in [1.82, 2.24) is 10.2 Å². The van der Waals surface area contributed by atoms with E-state index in [0.29, 0.717) is 5.69 Å². The first-order chi connectivity index (χ1) is 10.2. The Labute approximate surface area is 123 Å². The second-order valence-electron chi connectivity index (χ2n) is 5.04. The zero-order chi connectivity index (χ0) is 14.8. The van der Waals surface area contributed by atoms with E-state index >= 15 is 0 Å². The number of fused-ring (bicyclic) bond motifs is 1. The molecule has 5 heteroatoms. The van der Waals surface area contributed by atoms with Crippen LogP contribution in [0, 0.1) is 0 Å². The second kappa shape index (κ2) is 5.36. The average molecular weight is 282 g/mol. The number of aromatic nitrogens is 2. The molecule has 0 radical (unpaired) electrons. The number of rotatable bonds is 4. The third-order valence-corrected chi connectivity index (χ3v) is 3.60. The number of anilines is 2. The van der Waals surface area contributed by atoms with Gasteiger partial charge in [0.25, 0.3) is 0 Å². The molecule has 0 aliphatic heterocycles. The molecule has 4 N–H and O–H groups in total. The van der Waals surface area contributed by atoms with Gasteiger partial charge in [-0.15, -0.1) is 0 Å². The highest BCUT2D eigenvalue weighted by atomic mass is 16.5. The fourth-order valence-corrected chi connectivity index (χ4v) is 2.34. The van der Waals surface area contributed by atoms with Gasteiger partial charge in [-0.1, -0.05) is 12.1 Å². The van der Waals surface area contributed by atoms with Crippen LogP contribution in [0.3, 0.4) is 0 Å². The molecule has 0 aliphatic carbocycles. The lowest BCUT2D eigenvalue weighted by atomic mass is 10.1. The van der Waals surface area contributed by atoms with E-state index in [-0.39, 0.29) is 6.04 Å². The van der Waals surface area contributed by atoms with E-state index in [0.717, 1.165) is 22.3 Å². The van der Waals surface area contributed by atoms with E-state index in [9.17, 15) is 0 Å². The number of H-pyrrole nitrogens is 1. The lowest BCUT2D eigenvalue weighted by Crippen LogP contribution is -2.08. The summed E-state index contributed by atoms with van der Waals surface area (Å²) in [6.07, 6.45) is 1.77. The predicted octanol–water partition coefficient (Wildman–Crippen LogP) is 3.33. The number of benzene rings is 2. The monoisotopic (exact) mass is 282 g/mol. The van der Waals surface area contributed by atoms with E-state index in [1.165, 1.54) is 5.56 Å². The standard InChI is InChI=1S/C16H18N4O/c1-10(11-3-5-13(21-2)6-4-11)19-16-8-15-12(7-14(16)17)9-18-20-15/h3-10,19H,17H2,1-2H3,(H,18,20). The van der Waals surface area contributed by atoms with Crippen LogP contribution in [-0.4, -0.2) is 17.3 Å². The first kappa shape index (κ1) is 13.3. The van der Waals surface area contributed by atoms with Crippen molar-refractivity contribution in [3.63, 3.8) is 0 Å². The topological polar surface area (TPSA) is 76.0 Å². The van der Waals surface area contributed by atoms with Crippen LogP contribution >= 0.6 is 0 Å². The molecule has 3 rings (SSSR count). The summed E-state index contributed by atoms with van der Waals surface area (Å²) in [5.74, 6) is 0.851. The third kappa shape index (κ3) is 2.63. The van der Waals surface area contributed by atoms with Crippen LogP contribution < -0.4 is 15.8 Å². The molecule has 108 valence electrons. The van der Waals surface area contributed by atoms with E-state index < -0.39 is 0 Å². The van der Waals surface area contributed by atoms with E-state index in [4.69, 9.17) is 10.5 Å². The van der Waals surface area contributed by atoms with Gasteiger partial charge in [0.15, 0.2) is 0 Å². The maximum Gasteiger partial charge on any atom is 0.118 e.